The third-order valence-corrected chi connectivity index (χ3v) is 4.44. The number of hydrogen-bond donors (Lipinski definition) is 2. The van der Waals surface area contributed by atoms with Gasteiger partial charge in [-0.2, -0.15) is 0 Å². The number of sulfonamides is 1. The molecule has 5 heteroatoms. The Morgan fingerprint density at radius 2 is 1.89 bits per heavy atom. The molecule has 0 atom stereocenters. The predicted molar refractivity (Wildman–Crippen MR) is 78.9 cm³/mol. The summed E-state index contributed by atoms with van der Waals surface area (Å²) in [5.41, 5.74) is 1.88. The molecule has 0 saturated heterocycles. The third-order valence-electron chi connectivity index (χ3n) is 3.15. The Labute approximate surface area is 115 Å². The predicted octanol–water partition coefficient (Wildman–Crippen LogP) is 2.13. The molecule has 1 fully saturated rings. The molecule has 1 aromatic rings. The van der Waals surface area contributed by atoms with E-state index in [4.69, 9.17) is 0 Å². The van der Waals surface area contributed by atoms with Gasteiger partial charge in [0, 0.05) is 18.3 Å². The van der Waals surface area contributed by atoms with Crippen molar-refractivity contribution in [2.24, 2.45) is 0 Å². The molecule has 0 aromatic heterocycles. The van der Waals surface area contributed by atoms with Gasteiger partial charge in [0.15, 0.2) is 0 Å². The molecule has 106 valence electrons. The Morgan fingerprint density at radius 1 is 1.21 bits per heavy atom. The van der Waals surface area contributed by atoms with Crippen LogP contribution in [0.2, 0.25) is 0 Å². The van der Waals surface area contributed by atoms with Crippen molar-refractivity contribution in [1.82, 2.24) is 5.32 Å². The van der Waals surface area contributed by atoms with Crippen molar-refractivity contribution >= 4 is 15.7 Å². The van der Waals surface area contributed by atoms with Gasteiger partial charge in [0.05, 0.1) is 5.75 Å². The number of aryl methyl sites for hydroxylation is 1. The van der Waals surface area contributed by atoms with Crippen molar-refractivity contribution in [1.29, 1.82) is 0 Å². The molecular weight excluding hydrogens is 260 g/mol. The van der Waals surface area contributed by atoms with Crippen LogP contribution >= 0.6 is 0 Å². The highest BCUT2D eigenvalue weighted by Crippen LogP contribution is 2.18. The van der Waals surface area contributed by atoms with Gasteiger partial charge in [-0.15, -0.1) is 0 Å². The Bertz CT molecular complexity index is 493. The fraction of sp³-hybridized carbons (Fsp3) is 0.571. The molecule has 0 bridgehead atoms. The normalized spacial score (nSPS) is 15.4. The van der Waals surface area contributed by atoms with Gasteiger partial charge >= 0.3 is 0 Å². The Hall–Kier alpha value is -1.07. The summed E-state index contributed by atoms with van der Waals surface area (Å²) in [5, 5.41) is 3.21. The number of rotatable bonds is 8. The van der Waals surface area contributed by atoms with Crippen LogP contribution in [0.25, 0.3) is 0 Å². The Morgan fingerprint density at radius 3 is 2.47 bits per heavy atom. The smallest absolute Gasteiger partial charge is 0.233 e. The Balaban J connectivity index is 1.83. The van der Waals surface area contributed by atoms with Gasteiger partial charge in [-0.25, -0.2) is 8.42 Å². The molecule has 1 aliphatic rings. The zero-order valence-electron chi connectivity index (χ0n) is 11.4. The monoisotopic (exact) mass is 282 g/mol. The lowest BCUT2D eigenvalue weighted by atomic mass is 10.1. The molecule has 0 aliphatic heterocycles. The van der Waals surface area contributed by atoms with E-state index in [9.17, 15) is 8.42 Å². The van der Waals surface area contributed by atoms with E-state index in [1.54, 1.807) is 0 Å². The third kappa shape index (κ3) is 5.20. The molecule has 0 spiro atoms. The van der Waals surface area contributed by atoms with Crippen molar-refractivity contribution < 1.29 is 8.42 Å². The zero-order valence-corrected chi connectivity index (χ0v) is 12.2. The van der Waals surface area contributed by atoms with Crippen molar-refractivity contribution in [2.45, 2.75) is 38.6 Å². The first kappa shape index (κ1) is 14.3. The second-order valence-corrected chi connectivity index (χ2v) is 6.94. The molecular formula is C14H22N2O2S. The zero-order chi connectivity index (χ0) is 13.7. The number of nitrogens with one attached hydrogen (secondary N) is 2. The van der Waals surface area contributed by atoms with Gasteiger partial charge < -0.3 is 5.32 Å². The van der Waals surface area contributed by atoms with Crippen LogP contribution in [0.4, 0.5) is 5.69 Å². The van der Waals surface area contributed by atoms with Crippen molar-refractivity contribution in [2.75, 3.05) is 17.0 Å². The number of hydrogen-bond acceptors (Lipinski definition) is 3. The standard InChI is InChI=1S/C14H22N2O2S/c1-2-3-12-4-6-14(7-5-12)16-19(17,18)11-10-15-13-8-9-13/h4-7,13,15-16H,2-3,8-11H2,1H3. The largest absolute Gasteiger partial charge is 0.313 e. The summed E-state index contributed by atoms with van der Waals surface area (Å²) < 4.78 is 26.3. The highest BCUT2D eigenvalue weighted by atomic mass is 32.2. The summed E-state index contributed by atoms with van der Waals surface area (Å²) in [5.74, 6) is 0.125. The van der Waals surface area contributed by atoms with E-state index >= 15 is 0 Å². The van der Waals surface area contributed by atoms with Crippen LogP contribution in [0.3, 0.4) is 0 Å². The van der Waals surface area contributed by atoms with Crippen LogP contribution in [-0.2, 0) is 16.4 Å². The van der Waals surface area contributed by atoms with Gasteiger partial charge in [0.2, 0.25) is 10.0 Å². The molecule has 0 unspecified atom stereocenters. The second-order valence-electron chi connectivity index (χ2n) is 5.10. The molecule has 1 saturated carbocycles. The fourth-order valence-corrected chi connectivity index (χ4v) is 2.93. The molecule has 1 aromatic carbocycles. The Kier molecular flexibility index (Phi) is 4.82. The van der Waals surface area contributed by atoms with E-state index in [1.807, 2.05) is 24.3 Å². The van der Waals surface area contributed by atoms with Crippen molar-refractivity contribution in [3.8, 4) is 0 Å². The second kappa shape index (κ2) is 6.39. The van der Waals surface area contributed by atoms with Crippen LogP contribution in [0.15, 0.2) is 24.3 Å². The molecule has 19 heavy (non-hydrogen) atoms. The van der Waals surface area contributed by atoms with Crippen LogP contribution in [-0.4, -0.2) is 26.8 Å². The van der Waals surface area contributed by atoms with E-state index in [2.05, 4.69) is 17.0 Å². The van der Waals surface area contributed by atoms with Crippen LogP contribution in [0.1, 0.15) is 31.7 Å². The number of benzene rings is 1. The molecule has 4 nitrogen and oxygen atoms in total. The van der Waals surface area contributed by atoms with Gasteiger partial charge in [0.1, 0.15) is 0 Å². The minimum Gasteiger partial charge on any atom is -0.313 e. The van der Waals surface area contributed by atoms with Crippen LogP contribution in [0, 0.1) is 0 Å². The van der Waals surface area contributed by atoms with Crippen LogP contribution < -0.4 is 10.0 Å². The lowest BCUT2D eigenvalue weighted by Crippen LogP contribution is -2.27. The van der Waals surface area contributed by atoms with Gasteiger partial charge in [-0.05, 0) is 37.0 Å². The van der Waals surface area contributed by atoms with E-state index in [0.717, 1.165) is 12.8 Å². The average Bonchev–Trinajstić information content (AvgIpc) is 3.15. The van der Waals surface area contributed by atoms with Crippen LogP contribution in [0.5, 0.6) is 0 Å². The maximum atomic E-state index is 11.9. The lowest BCUT2D eigenvalue weighted by Gasteiger charge is -2.09. The summed E-state index contributed by atoms with van der Waals surface area (Å²) in [4.78, 5) is 0. The molecule has 0 amide bonds. The highest BCUT2D eigenvalue weighted by Gasteiger charge is 2.21. The topological polar surface area (TPSA) is 58.2 Å². The summed E-state index contributed by atoms with van der Waals surface area (Å²) in [6, 6.07) is 8.16. The SMILES string of the molecule is CCCc1ccc(NS(=O)(=O)CCNC2CC2)cc1. The van der Waals surface area contributed by atoms with E-state index < -0.39 is 10.0 Å². The lowest BCUT2D eigenvalue weighted by molar-refractivity contribution is 0.595. The molecule has 1 aliphatic carbocycles. The highest BCUT2D eigenvalue weighted by molar-refractivity contribution is 7.92. The van der Waals surface area contributed by atoms with Crippen molar-refractivity contribution in [3.63, 3.8) is 0 Å². The summed E-state index contributed by atoms with van der Waals surface area (Å²) in [6.07, 6.45) is 4.47. The minimum atomic E-state index is -3.24. The maximum Gasteiger partial charge on any atom is 0.233 e. The molecule has 0 radical (unpaired) electrons. The first-order valence-electron chi connectivity index (χ1n) is 6.92. The molecule has 0 heterocycles. The molecule has 2 N–H and O–H groups in total. The van der Waals surface area contributed by atoms with E-state index in [0.29, 0.717) is 18.3 Å². The molecule has 2 rings (SSSR count). The summed E-state index contributed by atoms with van der Waals surface area (Å²) in [7, 11) is -3.24. The first-order chi connectivity index (χ1) is 9.09. The quantitative estimate of drug-likeness (QED) is 0.768. The fourth-order valence-electron chi connectivity index (χ4n) is 1.94. The van der Waals surface area contributed by atoms with E-state index in [-0.39, 0.29) is 5.75 Å². The van der Waals surface area contributed by atoms with Crippen molar-refractivity contribution in [3.05, 3.63) is 29.8 Å². The van der Waals surface area contributed by atoms with E-state index in [1.165, 1.54) is 18.4 Å². The summed E-state index contributed by atoms with van der Waals surface area (Å²) >= 11 is 0. The summed E-state index contributed by atoms with van der Waals surface area (Å²) in [6.45, 7) is 2.65. The first-order valence-corrected chi connectivity index (χ1v) is 8.57. The number of anilines is 1. The average molecular weight is 282 g/mol. The van der Waals surface area contributed by atoms with Gasteiger partial charge in [-0.3, -0.25) is 4.72 Å². The maximum absolute atomic E-state index is 11.9. The van der Waals surface area contributed by atoms with Gasteiger partial charge in [-0.1, -0.05) is 25.5 Å². The minimum absolute atomic E-state index is 0.125. The van der Waals surface area contributed by atoms with Gasteiger partial charge in [0.25, 0.3) is 0 Å².